The molecule has 0 aromatic heterocycles. The first-order valence-electron chi connectivity index (χ1n) is 4.38. The van der Waals surface area contributed by atoms with Gasteiger partial charge in [0.1, 0.15) is 5.82 Å². The van der Waals surface area contributed by atoms with Crippen molar-refractivity contribution in [3.63, 3.8) is 0 Å². The van der Waals surface area contributed by atoms with Crippen molar-refractivity contribution in [1.82, 2.24) is 5.32 Å². The minimum Gasteiger partial charge on any atom is -0.383 e. The fourth-order valence-corrected chi connectivity index (χ4v) is 1.78. The van der Waals surface area contributed by atoms with E-state index in [0.29, 0.717) is 16.7 Å². The third-order valence-electron chi connectivity index (χ3n) is 1.78. The standard InChI is InChI=1S/C10H11FINO2/c1-15-6-5-13-10(14)9-7(11)3-2-4-8(9)12/h2-4H,5-6H2,1H3,(H,13,14). The first-order chi connectivity index (χ1) is 7.16. The Kier molecular flexibility index (Phi) is 4.97. The number of ether oxygens (including phenoxy) is 1. The number of halogens is 2. The van der Waals surface area contributed by atoms with Gasteiger partial charge in [0.2, 0.25) is 0 Å². The highest BCUT2D eigenvalue weighted by atomic mass is 127. The smallest absolute Gasteiger partial charge is 0.255 e. The van der Waals surface area contributed by atoms with Crippen molar-refractivity contribution in [2.24, 2.45) is 0 Å². The van der Waals surface area contributed by atoms with Crippen LogP contribution in [0.2, 0.25) is 0 Å². The summed E-state index contributed by atoms with van der Waals surface area (Å²) in [6, 6.07) is 4.53. The normalized spacial score (nSPS) is 10.1. The average Bonchev–Trinajstić information content (AvgIpc) is 2.18. The first-order valence-corrected chi connectivity index (χ1v) is 5.46. The molecule has 0 atom stereocenters. The first kappa shape index (κ1) is 12.4. The van der Waals surface area contributed by atoms with Crippen molar-refractivity contribution >= 4 is 28.5 Å². The van der Waals surface area contributed by atoms with E-state index in [1.807, 2.05) is 22.6 Å². The van der Waals surface area contributed by atoms with Gasteiger partial charge in [-0.3, -0.25) is 4.79 Å². The predicted octanol–water partition coefficient (Wildman–Crippen LogP) is 1.81. The Morgan fingerprint density at radius 3 is 2.93 bits per heavy atom. The van der Waals surface area contributed by atoms with Crippen molar-refractivity contribution in [3.8, 4) is 0 Å². The molecule has 5 heteroatoms. The predicted molar refractivity (Wildman–Crippen MR) is 63.3 cm³/mol. The maximum atomic E-state index is 13.3. The Morgan fingerprint density at radius 2 is 2.33 bits per heavy atom. The Bertz CT molecular complexity index is 337. The van der Waals surface area contributed by atoms with Crippen LogP contribution < -0.4 is 5.32 Å². The minimum absolute atomic E-state index is 0.0919. The van der Waals surface area contributed by atoms with Gasteiger partial charge in [-0.25, -0.2) is 4.39 Å². The second-order valence-corrected chi connectivity index (χ2v) is 4.01. The van der Waals surface area contributed by atoms with Crippen molar-refractivity contribution in [2.45, 2.75) is 0 Å². The molecule has 0 saturated carbocycles. The number of nitrogens with one attached hydrogen (secondary N) is 1. The highest BCUT2D eigenvalue weighted by Crippen LogP contribution is 2.15. The lowest BCUT2D eigenvalue weighted by Gasteiger charge is -2.06. The molecule has 0 saturated heterocycles. The number of methoxy groups -OCH3 is 1. The summed E-state index contributed by atoms with van der Waals surface area (Å²) < 4.78 is 18.7. The molecule has 0 aliphatic heterocycles. The molecule has 0 aliphatic rings. The molecule has 1 amide bonds. The van der Waals surface area contributed by atoms with Gasteiger partial charge in [-0.15, -0.1) is 0 Å². The van der Waals surface area contributed by atoms with Gasteiger partial charge < -0.3 is 10.1 Å². The van der Waals surface area contributed by atoms with E-state index in [1.54, 1.807) is 19.2 Å². The van der Waals surface area contributed by atoms with Crippen molar-refractivity contribution in [3.05, 3.63) is 33.1 Å². The molecule has 1 aromatic carbocycles. The van der Waals surface area contributed by atoms with E-state index in [4.69, 9.17) is 4.74 Å². The zero-order valence-corrected chi connectivity index (χ0v) is 10.4. The van der Waals surface area contributed by atoms with Crippen LogP contribution in [0.1, 0.15) is 10.4 Å². The molecule has 0 aliphatic carbocycles. The van der Waals surface area contributed by atoms with Crippen molar-refractivity contribution in [2.75, 3.05) is 20.3 Å². The summed E-state index contributed by atoms with van der Waals surface area (Å²) in [5.41, 5.74) is 0.0919. The number of hydrogen-bond acceptors (Lipinski definition) is 2. The summed E-state index contributed by atoms with van der Waals surface area (Å²) in [4.78, 5) is 11.5. The SMILES string of the molecule is COCCNC(=O)c1c(F)cccc1I. The van der Waals surface area contributed by atoms with Crippen LogP contribution >= 0.6 is 22.6 Å². The lowest BCUT2D eigenvalue weighted by Crippen LogP contribution is -2.28. The van der Waals surface area contributed by atoms with E-state index in [-0.39, 0.29) is 5.56 Å². The van der Waals surface area contributed by atoms with Gasteiger partial charge in [0.15, 0.2) is 0 Å². The van der Waals surface area contributed by atoms with E-state index in [9.17, 15) is 9.18 Å². The number of benzene rings is 1. The highest BCUT2D eigenvalue weighted by Gasteiger charge is 2.14. The van der Waals surface area contributed by atoms with Crippen LogP contribution in [-0.4, -0.2) is 26.2 Å². The maximum absolute atomic E-state index is 13.3. The second-order valence-electron chi connectivity index (χ2n) is 2.85. The maximum Gasteiger partial charge on any atom is 0.255 e. The number of carbonyl (C=O) groups excluding carboxylic acids is 1. The minimum atomic E-state index is -0.503. The number of carbonyl (C=O) groups is 1. The molecule has 1 N–H and O–H groups in total. The van der Waals surface area contributed by atoms with Crippen LogP contribution in [0.3, 0.4) is 0 Å². The van der Waals surface area contributed by atoms with Crippen molar-refractivity contribution < 1.29 is 13.9 Å². The molecular weight excluding hydrogens is 312 g/mol. The zero-order valence-electron chi connectivity index (χ0n) is 8.22. The molecule has 1 aromatic rings. The topological polar surface area (TPSA) is 38.3 Å². The monoisotopic (exact) mass is 323 g/mol. The summed E-state index contributed by atoms with van der Waals surface area (Å²) in [5.74, 6) is -0.911. The van der Waals surface area contributed by atoms with Gasteiger partial charge in [-0.05, 0) is 34.7 Å². The van der Waals surface area contributed by atoms with Gasteiger partial charge in [0.05, 0.1) is 12.2 Å². The fourth-order valence-electron chi connectivity index (χ4n) is 1.07. The Hall–Kier alpha value is -0.690. The summed E-state index contributed by atoms with van der Waals surface area (Å²) in [6.07, 6.45) is 0. The molecule has 3 nitrogen and oxygen atoms in total. The van der Waals surface area contributed by atoms with Gasteiger partial charge in [0.25, 0.3) is 5.91 Å². The summed E-state index contributed by atoms with van der Waals surface area (Å²) in [5, 5.41) is 2.57. The quantitative estimate of drug-likeness (QED) is 0.678. The summed E-state index contributed by atoms with van der Waals surface area (Å²) >= 11 is 1.93. The van der Waals surface area contributed by atoms with E-state index in [1.165, 1.54) is 6.07 Å². The van der Waals surface area contributed by atoms with Gasteiger partial charge in [0, 0.05) is 17.2 Å². The lowest BCUT2D eigenvalue weighted by atomic mass is 10.2. The summed E-state index contributed by atoms with van der Waals surface area (Å²) in [6.45, 7) is 0.788. The third-order valence-corrected chi connectivity index (χ3v) is 2.68. The molecule has 0 unspecified atom stereocenters. The molecule has 1 rings (SSSR count). The molecule has 0 heterocycles. The van der Waals surface area contributed by atoms with Crippen LogP contribution in [0, 0.1) is 9.39 Å². The van der Waals surface area contributed by atoms with E-state index < -0.39 is 11.7 Å². The Morgan fingerprint density at radius 1 is 1.60 bits per heavy atom. The molecule has 0 bridgehead atoms. The van der Waals surface area contributed by atoms with Crippen LogP contribution in [0.15, 0.2) is 18.2 Å². The zero-order chi connectivity index (χ0) is 11.3. The number of rotatable bonds is 4. The second kappa shape index (κ2) is 6.02. The van der Waals surface area contributed by atoms with Crippen molar-refractivity contribution in [1.29, 1.82) is 0 Å². The molecule has 15 heavy (non-hydrogen) atoms. The summed E-state index contributed by atoms with van der Waals surface area (Å²) in [7, 11) is 1.54. The van der Waals surface area contributed by atoms with Crippen LogP contribution in [0.4, 0.5) is 4.39 Å². The molecule has 0 fully saturated rings. The van der Waals surface area contributed by atoms with Crippen LogP contribution in [0.5, 0.6) is 0 Å². The largest absolute Gasteiger partial charge is 0.383 e. The van der Waals surface area contributed by atoms with Gasteiger partial charge in [-0.1, -0.05) is 6.07 Å². The number of hydrogen-bond donors (Lipinski definition) is 1. The Balaban J connectivity index is 2.73. The lowest BCUT2D eigenvalue weighted by molar-refractivity contribution is 0.0932. The third kappa shape index (κ3) is 3.42. The van der Waals surface area contributed by atoms with Gasteiger partial charge >= 0.3 is 0 Å². The van der Waals surface area contributed by atoms with Crippen LogP contribution in [-0.2, 0) is 4.74 Å². The molecule has 82 valence electrons. The number of amides is 1. The van der Waals surface area contributed by atoms with E-state index >= 15 is 0 Å². The van der Waals surface area contributed by atoms with E-state index in [0.717, 1.165) is 0 Å². The van der Waals surface area contributed by atoms with Crippen LogP contribution in [0.25, 0.3) is 0 Å². The van der Waals surface area contributed by atoms with Gasteiger partial charge in [-0.2, -0.15) is 0 Å². The Labute approximate surface area is 101 Å². The van der Waals surface area contributed by atoms with E-state index in [2.05, 4.69) is 5.32 Å². The molecular formula is C10H11FINO2. The fraction of sp³-hybridized carbons (Fsp3) is 0.300. The average molecular weight is 323 g/mol. The molecule has 0 radical (unpaired) electrons. The highest BCUT2D eigenvalue weighted by molar-refractivity contribution is 14.1. The molecule has 0 spiro atoms.